The van der Waals surface area contributed by atoms with Crippen molar-refractivity contribution in [3.05, 3.63) is 58.9 Å². The molecule has 0 unspecified atom stereocenters. The monoisotopic (exact) mass is 355 g/mol. The minimum Gasteiger partial charge on any atom is -0.467 e. The van der Waals surface area contributed by atoms with E-state index in [0.29, 0.717) is 16.6 Å². The molecule has 1 aliphatic rings. The largest absolute Gasteiger partial charge is 0.467 e. The van der Waals surface area contributed by atoms with Gasteiger partial charge in [-0.15, -0.1) is 0 Å². The molecular weight excluding hydrogens is 334 g/mol. The van der Waals surface area contributed by atoms with Crippen LogP contribution in [0.5, 0.6) is 0 Å². The van der Waals surface area contributed by atoms with E-state index in [1.807, 2.05) is 30.3 Å². The van der Waals surface area contributed by atoms with Gasteiger partial charge >= 0.3 is 0 Å². The highest BCUT2D eigenvalue weighted by Crippen LogP contribution is 2.27. The average Bonchev–Trinajstić information content (AvgIpc) is 3.26. The Hall–Kier alpha value is -2.47. The Morgan fingerprint density at radius 1 is 1.20 bits per heavy atom. The van der Waals surface area contributed by atoms with Crippen molar-refractivity contribution in [3.63, 3.8) is 0 Å². The number of carbonyl (C=O) groups is 1. The number of hydrogen-bond acceptors (Lipinski definition) is 5. The standard InChI is InChI=1S/C19H21N3O2S/c1-3-22(4-2)15-9-7-14(8-10-15)12-17-18(23)21-19(25-17)20-13-16-6-5-11-24-16/h5-12H,3-4,13H2,1-2H3,(H,20,21,23)/b17-12-. The second-order valence-electron chi connectivity index (χ2n) is 5.53. The Balaban J connectivity index is 1.69. The fourth-order valence-corrected chi connectivity index (χ4v) is 3.40. The molecule has 130 valence electrons. The van der Waals surface area contributed by atoms with Crippen molar-refractivity contribution in [1.29, 1.82) is 0 Å². The van der Waals surface area contributed by atoms with E-state index < -0.39 is 0 Å². The minimum absolute atomic E-state index is 0.115. The van der Waals surface area contributed by atoms with Crippen molar-refractivity contribution >= 4 is 34.6 Å². The molecule has 2 aromatic rings. The summed E-state index contributed by atoms with van der Waals surface area (Å²) in [5.41, 5.74) is 2.19. The third kappa shape index (κ3) is 4.33. The first-order valence-corrected chi connectivity index (χ1v) is 9.14. The first-order chi connectivity index (χ1) is 12.2. The minimum atomic E-state index is -0.115. The van der Waals surface area contributed by atoms with E-state index in [9.17, 15) is 4.79 Å². The number of amides is 1. The Morgan fingerprint density at radius 3 is 2.60 bits per heavy atom. The normalized spacial score (nSPS) is 17.3. The predicted molar refractivity (Wildman–Crippen MR) is 104 cm³/mol. The van der Waals surface area contributed by atoms with Crippen molar-refractivity contribution in [2.45, 2.75) is 20.4 Å². The molecule has 1 aromatic heterocycles. The molecule has 0 bridgehead atoms. The van der Waals surface area contributed by atoms with E-state index in [-0.39, 0.29) is 5.91 Å². The highest BCUT2D eigenvalue weighted by molar-refractivity contribution is 8.18. The van der Waals surface area contributed by atoms with Crippen molar-refractivity contribution < 1.29 is 9.21 Å². The summed E-state index contributed by atoms with van der Waals surface area (Å²) in [6.07, 6.45) is 3.50. The number of benzene rings is 1. The zero-order chi connectivity index (χ0) is 17.6. The number of carbonyl (C=O) groups excluding carboxylic acids is 1. The van der Waals surface area contributed by atoms with Gasteiger partial charge in [-0.05, 0) is 61.5 Å². The van der Waals surface area contributed by atoms with Crippen LogP contribution in [0, 0.1) is 0 Å². The summed E-state index contributed by atoms with van der Waals surface area (Å²) < 4.78 is 5.24. The van der Waals surface area contributed by atoms with E-state index in [2.05, 4.69) is 41.2 Å². The number of rotatable bonds is 6. The van der Waals surface area contributed by atoms with Crippen LogP contribution >= 0.6 is 11.8 Å². The molecule has 25 heavy (non-hydrogen) atoms. The van der Waals surface area contributed by atoms with E-state index in [1.165, 1.54) is 17.4 Å². The van der Waals surface area contributed by atoms with Gasteiger partial charge in [-0.2, -0.15) is 0 Å². The second-order valence-corrected chi connectivity index (χ2v) is 6.56. The molecule has 0 saturated carbocycles. The van der Waals surface area contributed by atoms with Crippen molar-refractivity contribution in [2.24, 2.45) is 4.99 Å². The highest BCUT2D eigenvalue weighted by atomic mass is 32.2. The average molecular weight is 355 g/mol. The Labute approximate surface area is 151 Å². The maximum atomic E-state index is 12.1. The maximum Gasteiger partial charge on any atom is 0.264 e. The van der Waals surface area contributed by atoms with Crippen LogP contribution < -0.4 is 10.2 Å². The number of amidine groups is 1. The third-order valence-corrected chi connectivity index (χ3v) is 4.88. The molecule has 3 rings (SSSR count). The van der Waals surface area contributed by atoms with Crippen LogP contribution in [0.1, 0.15) is 25.2 Å². The lowest BCUT2D eigenvalue weighted by molar-refractivity contribution is -0.115. The Morgan fingerprint density at radius 2 is 1.96 bits per heavy atom. The van der Waals surface area contributed by atoms with Crippen LogP contribution in [0.4, 0.5) is 5.69 Å². The molecule has 1 N–H and O–H groups in total. The number of nitrogens with one attached hydrogen (secondary N) is 1. The maximum absolute atomic E-state index is 12.1. The second kappa shape index (κ2) is 8.07. The summed E-state index contributed by atoms with van der Waals surface area (Å²) in [6, 6.07) is 11.9. The number of furan rings is 1. The molecule has 1 fully saturated rings. The number of aliphatic imine (C=N–C) groups is 1. The summed E-state index contributed by atoms with van der Waals surface area (Å²) in [7, 11) is 0. The zero-order valence-corrected chi connectivity index (χ0v) is 15.2. The zero-order valence-electron chi connectivity index (χ0n) is 14.4. The van der Waals surface area contributed by atoms with Crippen LogP contribution in [0.3, 0.4) is 0 Å². The Kier molecular flexibility index (Phi) is 5.60. The summed E-state index contributed by atoms with van der Waals surface area (Å²) in [4.78, 5) is 19.4. The molecule has 1 aliphatic heterocycles. The SMILES string of the molecule is CCN(CC)c1ccc(/C=C2\SC(=NCc3ccco3)NC2=O)cc1. The number of hydrogen-bond donors (Lipinski definition) is 1. The van der Waals surface area contributed by atoms with Crippen molar-refractivity contribution in [1.82, 2.24) is 5.32 Å². The van der Waals surface area contributed by atoms with Crippen LogP contribution in [-0.4, -0.2) is 24.2 Å². The molecule has 0 aliphatic carbocycles. The highest BCUT2D eigenvalue weighted by Gasteiger charge is 2.23. The van der Waals surface area contributed by atoms with E-state index in [4.69, 9.17) is 4.42 Å². The van der Waals surface area contributed by atoms with Gasteiger partial charge in [0.2, 0.25) is 0 Å². The summed E-state index contributed by atoms with van der Waals surface area (Å²) >= 11 is 1.35. The molecule has 0 atom stereocenters. The number of anilines is 1. The van der Waals surface area contributed by atoms with Gasteiger partial charge in [-0.25, -0.2) is 0 Å². The van der Waals surface area contributed by atoms with Gasteiger partial charge in [0.05, 0.1) is 17.7 Å². The van der Waals surface area contributed by atoms with Gasteiger partial charge in [0.25, 0.3) is 5.91 Å². The molecule has 6 heteroatoms. The topological polar surface area (TPSA) is 57.8 Å². The van der Waals surface area contributed by atoms with Crippen LogP contribution in [0.2, 0.25) is 0 Å². The Bertz CT molecular complexity index is 776. The fourth-order valence-electron chi connectivity index (χ4n) is 2.58. The molecule has 1 aromatic carbocycles. The van der Waals surface area contributed by atoms with Crippen molar-refractivity contribution in [3.8, 4) is 0 Å². The molecule has 1 amide bonds. The van der Waals surface area contributed by atoms with E-state index in [0.717, 1.165) is 24.4 Å². The fraction of sp³-hybridized carbons (Fsp3) is 0.263. The van der Waals surface area contributed by atoms with E-state index in [1.54, 1.807) is 6.26 Å². The third-order valence-electron chi connectivity index (χ3n) is 3.93. The summed E-state index contributed by atoms with van der Waals surface area (Å²) in [6.45, 7) is 6.65. The molecular formula is C19H21N3O2S. The lowest BCUT2D eigenvalue weighted by atomic mass is 10.2. The van der Waals surface area contributed by atoms with Gasteiger partial charge in [-0.3, -0.25) is 9.79 Å². The molecule has 5 nitrogen and oxygen atoms in total. The van der Waals surface area contributed by atoms with Crippen LogP contribution in [0.25, 0.3) is 6.08 Å². The van der Waals surface area contributed by atoms with Crippen molar-refractivity contribution in [2.75, 3.05) is 18.0 Å². The quantitative estimate of drug-likeness (QED) is 0.799. The van der Waals surface area contributed by atoms with Gasteiger partial charge in [0, 0.05) is 18.8 Å². The van der Waals surface area contributed by atoms with Crippen LogP contribution in [0.15, 0.2) is 57.0 Å². The number of thioether (sulfide) groups is 1. The predicted octanol–water partition coefficient (Wildman–Crippen LogP) is 3.89. The van der Waals surface area contributed by atoms with Crippen LogP contribution in [-0.2, 0) is 11.3 Å². The molecule has 0 radical (unpaired) electrons. The summed E-state index contributed by atoms with van der Waals surface area (Å²) in [5.74, 6) is 0.655. The first kappa shape index (κ1) is 17.4. The lowest BCUT2D eigenvalue weighted by Gasteiger charge is -2.20. The lowest BCUT2D eigenvalue weighted by Crippen LogP contribution is -2.21. The smallest absolute Gasteiger partial charge is 0.264 e. The van der Waals surface area contributed by atoms with Gasteiger partial charge in [0.1, 0.15) is 5.76 Å². The summed E-state index contributed by atoms with van der Waals surface area (Å²) in [5, 5.41) is 3.39. The van der Waals surface area contributed by atoms with E-state index >= 15 is 0 Å². The number of nitrogens with zero attached hydrogens (tertiary/aromatic N) is 2. The molecule has 1 saturated heterocycles. The molecule has 2 heterocycles. The first-order valence-electron chi connectivity index (χ1n) is 8.32. The van der Waals surface area contributed by atoms with Gasteiger partial charge < -0.3 is 14.6 Å². The molecule has 0 spiro atoms. The van der Waals surface area contributed by atoms with Gasteiger partial charge in [0.15, 0.2) is 5.17 Å². The van der Waals surface area contributed by atoms with Gasteiger partial charge in [-0.1, -0.05) is 12.1 Å².